The Morgan fingerprint density at radius 1 is 0.952 bits per heavy atom. The number of aromatic nitrogens is 1. The van der Waals surface area contributed by atoms with Gasteiger partial charge in [0.2, 0.25) is 0 Å². The molecule has 0 spiro atoms. The number of aryl methyl sites for hydroxylation is 1. The van der Waals surface area contributed by atoms with Gasteiger partial charge in [-0.25, -0.2) is 4.98 Å². The summed E-state index contributed by atoms with van der Waals surface area (Å²) in [6, 6.07) is 19.2. The van der Waals surface area contributed by atoms with Gasteiger partial charge in [0.1, 0.15) is 13.4 Å². The van der Waals surface area contributed by atoms with Crippen molar-refractivity contribution in [3.05, 3.63) is 78.5 Å². The third-order valence-electron chi connectivity index (χ3n) is 3.40. The molecule has 0 aliphatic carbocycles. The van der Waals surface area contributed by atoms with E-state index in [-0.39, 0.29) is 0 Å². The minimum Gasteiger partial charge on any atom is -0.449 e. The summed E-state index contributed by atoms with van der Waals surface area (Å²) in [6.07, 6.45) is 1.96. The molecule has 1 aromatic heterocycles. The van der Waals surface area contributed by atoms with Crippen LogP contribution >= 0.6 is 7.14 Å². The highest BCUT2D eigenvalue weighted by Crippen LogP contribution is 2.46. The van der Waals surface area contributed by atoms with E-state index in [0.717, 1.165) is 16.3 Å². The molecule has 0 amide bonds. The van der Waals surface area contributed by atoms with Gasteiger partial charge >= 0.3 is 0 Å². The molecular weight excluding hydrogens is 281 g/mol. The van der Waals surface area contributed by atoms with Crippen LogP contribution in [0.1, 0.15) is 11.6 Å². The van der Waals surface area contributed by atoms with Crippen LogP contribution in [0, 0.1) is 6.92 Å². The Balaban J connectivity index is 2.09. The normalized spacial score (nSPS) is 11.5. The fourth-order valence-corrected chi connectivity index (χ4v) is 4.95. The largest absolute Gasteiger partial charge is 0.449 e. The summed E-state index contributed by atoms with van der Waals surface area (Å²) in [4.78, 5) is 4.31. The third-order valence-corrected chi connectivity index (χ3v) is 6.43. The topological polar surface area (TPSA) is 43.1 Å². The van der Waals surface area contributed by atoms with E-state index in [4.69, 9.17) is 4.42 Å². The molecule has 0 unspecified atom stereocenters. The SMILES string of the molecule is Cc1nc(CP(=O)(c2ccccc2)c2ccccc2)co1. The van der Waals surface area contributed by atoms with Gasteiger partial charge in [-0.1, -0.05) is 60.7 Å². The van der Waals surface area contributed by atoms with Crippen LogP contribution in [-0.4, -0.2) is 4.98 Å². The molecule has 0 saturated carbocycles. The zero-order valence-electron chi connectivity index (χ0n) is 11.8. The summed E-state index contributed by atoms with van der Waals surface area (Å²) in [5.74, 6) is 0.595. The van der Waals surface area contributed by atoms with E-state index in [0.29, 0.717) is 12.1 Å². The summed E-state index contributed by atoms with van der Waals surface area (Å²) >= 11 is 0. The van der Waals surface area contributed by atoms with Gasteiger partial charge in [0.25, 0.3) is 0 Å². The number of hydrogen-bond acceptors (Lipinski definition) is 3. The molecule has 3 nitrogen and oxygen atoms in total. The fourth-order valence-electron chi connectivity index (χ4n) is 2.38. The third kappa shape index (κ3) is 2.84. The van der Waals surface area contributed by atoms with Crippen LogP contribution in [0.15, 0.2) is 71.3 Å². The molecule has 0 aliphatic heterocycles. The van der Waals surface area contributed by atoms with E-state index < -0.39 is 7.14 Å². The quantitative estimate of drug-likeness (QED) is 0.692. The zero-order valence-corrected chi connectivity index (χ0v) is 12.7. The number of benzene rings is 2. The second kappa shape index (κ2) is 5.71. The highest BCUT2D eigenvalue weighted by molar-refractivity contribution is 7.78. The van der Waals surface area contributed by atoms with Crippen molar-refractivity contribution in [3.8, 4) is 0 Å². The van der Waals surface area contributed by atoms with Gasteiger partial charge in [0.05, 0.1) is 11.9 Å². The lowest BCUT2D eigenvalue weighted by molar-refractivity contribution is 0.520. The Labute approximate surface area is 124 Å². The van der Waals surface area contributed by atoms with Gasteiger partial charge in [-0.15, -0.1) is 0 Å². The number of hydrogen-bond donors (Lipinski definition) is 0. The van der Waals surface area contributed by atoms with E-state index in [2.05, 4.69) is 4.98 Å². The van der Waals surface area contributed by atoms with Gasteiger partial charge in [0, 0.05) is 17.5 Å². The predicted octanol–water partition coefficient (Wildman–Crippen LogP) is 3.50. The van der Waals surface area contributed by atoms with Crippen molar-refractivity contribution in [2.45, 2.75) is 13.1 Å². The fraction of sp³-hybridized carbons (Fsp3) is 0.118. The van der Waals surface area contributed by atoms with Crippen LogP contribution in [0.3, 0.4) is 0 Å². The average Bonchev–Trinajstić information content (AvgIpc) is 2.94. The predicted molar refractivity (Wildman–Crippen MR) is 84.7 cm³/mol. The molecule has 0 fully saturated rings. The van der Waals surface area contributed by atoms with Crippen LogP contribution < -0.4 is 10.6 Å². The molecule has 0 saturated heterocycles. The summed E-state index contributed by atoms with van der Waals surface area (Å²) in [5.41, 5.74) is 0.725. The molecule has 21 heavy (non-hydrogen) atoms. The van der Waals surface area contributed by atoms with E-state index in [1.54, 1.807) is 13.2 Å². The summed E-state index contributed by atoms with van der Waals surface area (Å²) < 4.78 is 19.0. The van der Waals surface area contributed by atoms with E-state index in [1.165, 1.54) is 0 Å². The number of oxazole rings is 1. The van der Waals surface area contributed by atoms with Gasteiger partial charge in [0.15, 0.2) is 5.89 Å². The molecule has 106 valence electrons. The Bertz CT molecular complexity index is 722. The van der Waals surface area contributed by atoms with Crippen LogP contribution in [0.4, 0.5) is 0 Å². The number of nitrogens with zero attached hydrogens (tertiary/aromatic N) is 1. The minimum atomic E-state index is -2.76. The van der Waals surface area contributed by atoms with Gasteiger partial charge in [-0.2, -0.15) is 0 Å². The van der Waals surface area contributed by atoms with Gasteiger partial charge in [-0.05, 0) is 0 Å². The summed E-state index contributed by atoms with van der Waals surface area (Å²) in [6.45, 7) is 1.79. The van der Waals surface area contributed by atoms with Crippen molar-refractivity contribution in [2.75, 3.05) is 0 Å². The molecule has 3 rings (SSSR count). The molecule has 0 bridgehead atoms. The first-order chi connectivity index (χ1) is 10.2. The second-order valence-corrected chi connectivity index (χ2v) is 7.76. The first-order valence-corrected chi connectivity index (χ1v) is 8.69. The van der Waals surface area contributed by atoms with Crippen LogP contribution in [0.2, 0.25) is 0 Å². The maximum atomic E-state index is 13.7. The molecule has 0 aliphatic rings. The first-order valence-electron chi connectivity index (χ1n) is 6.80. The summed E-state index contributed by atoms with van der Waals surface area (Å²) in [7, 11) is -2.76. The Morgan fingerprint density at radius 3 is 1.90 bits per heavy atom. The molecule has 3 aromatic rings. The average molecular weight is 297 g/mol. The van der Waals surface area contributed by atoms with Crippen LogP contribution in [-0.2, 0) is 10.7 Å². The molecular formula is C17H16NO2P. The second-order valence-electron chi connectivity index (χ2n) is 4.93. The number of rotatable bonds is 4. The molecule has 2 aromatic carbocycles. The Kier molecular flexibility index (Phi) is 3.76. The van der Waals surface area contributed by atoms with E-state index >= 15 is 0 Å². The first kappa shape index (κ1) is 13.8. The maximum absolute atomic E-state index is 13.7. The highest BCUT2D eigenvalue weighted by atomic mass is 31.2. The molecule has 0 atom stereocenters. The molecule has 4 heteroatoms. The van der Waals surface area contributed by atoms with Crippen molar-refractivity contribution >= 4 is 17.8 Å². The molecule has 1 heterocycles. The standard InChI is InChI=1S/C17H16NO2P/c1-14-18-15(12-20-14)13-21(19,16-8-4-2-5-9-16)17-10-6-3-7-11-17/h2-12H,13H2,1H3. The summed E-state index contributed by atoms with van der Waals surface area (Å²) in [5, 5.41) is 1.69. The lowest BCUT2D eigenvalue weighted by Crippen LogP contribution is -2.17. The zero-order chi connectivity index (χ0) is 14.7. The molecule has 0 radical (unpaired) electrons. The van der Waals surface area contributed by atoms with Crippen molar-refractivity contribution in [3.63, 3.8) is 0 Å². The Morgan fingerprint density at radius 2 is 1.48 bits per heavy atom. The Hall–Kier alpha value is -2.12. The van der Waals surface area contributed by atoms with Crippen LogP contribution in [0.25, 0.3) is 0 Å². The highest BCUT2D eigenvalue weighted by Gasteiger charge is 2.28. The van der Waals surface area contributed by atoms with Gasteiger partial charge < -0.3 is 8.98 Å². The van der Waals surface area contributed by atoms with Crippen molar-refractivity contribution in [2.24, 2.45) is 0 Å². The maximum Gasteiger partial charge on any atom is 0.191 e. The van der Waals surface area contributed by atoms with Crippen molar-refractivity contribution < 1.29 is 8.98 Å². The lowest BCUT2D eigenvalue weighted by atomic mass is 10.4. The van der Waals surface area contributed by atoms with Crippen LogP contribution in [0.5, 0.6) is 0 Å². The van der Waals surface area contributed by atoms with Crippen molar-refractivity contribution in [1.82, 2.24) is 4.98 Å². The van der Waals surface area contributed by atoms with E-state index in [1.807, 2.05) is 60.7 Å². The minimum absolute atomic E-state index is 0.373. The van der Waals surface area contributed by atoms with Crippen molar-refractivity contribution in [1.29, 1.82) is 0 Å². The van der Waals surface area contributed by atoms with E-state index in [9.17, 15) is 4.57 Å². The molecule has 0 N–H and O–H groups in total. The van der Waals surface area contributed by atoms with Gasteiger partial charge in [-0.3, -0.25) is 0 Å². The smallest absolute Gasteiger partial charge is 0.191 e. The lowest BCUT2D eigenvalue weighted by Gasteiger charge is -2.18. The monoisotopic (exact) mass is 297 g/mol.